The molecule has 10 heteroatoms. The standard InChI is InChI=1S/C9H10F2N2O4.CH2O.Ir/c10-5-1-4(3-14)17-8(5)13-2-6(11)7(15)12-9(13)16;1-2;/h2,4-5,8,14H,1,3H2,(H,12,15,16);1H2;. The zero-order chi connectivity index (χ0) is 14.6. The van der Waals surface area contributed by atoms with Crippen LogP contribution in [0.1, 0.15) is 12.6 Å². The first kappa shape index (κ1) is 18.8. The second-order valence-corrected chi connectivity index (χ2v) is 3.73. The molecule has 1 fully saturated rings. The van der Waals surface area contributed by atoms with Crippen LogP contribution in [0, 0.1) is 5.82 Å². The minimum absolute atomic E-state index is 0. The molecule has 0 amide bonds. The maximum Gasteiger partial charge on any atom is 0.330 e. The molecule has 0 saturated carbocycles. The van der Waals surface area contributed by atoms with Crippen molar-refractivity contribution in [2.24, 2.45) is 0 Å². The second-order valence-electron chi connectivity index (χ2n) is 3.73. The third-order valence-corrected chi connectivity index (χ3v) is 2.53. The molecule has 0 spiro atoms. The Morgan fingerprint density at radius 3 is 2.60 bits per heavy atom. The summed E-state index contributed by atoms with van der Waals surface area (Å²) in [5, 5.41) is 8.81. The molecule has 115 valence electrons. The molecule has 0 aromatic carbocycles. The number of aliphatic hydroxyl groups is 1. The summed E-state index contributed by atoms with van der Waals surface area (Å²) in [6.07, 6.45) is -3.11. The monoisotopic (exact) mass is 471 g/mol. The van der Waals surface area contributed by atoms with E-state index in [4.69, 9.17) is 14.6 Å². The fraction of sp³-hybridized carbons (Fsp3) is 0.500. The van der Waals surface area contributed by atoms with Gasteiger partial charge in [0, 0.05) is 26.5 Å². The average Bonchev–Trinajstić information content (AvgIpc) is 2.77. The van der Waals surface area contributed by atoms with Gasteiger partial charge in [0.15, 0.2) is 6.23 Å². The summed E-state index contributed by atoms with van der Waals surface area (Å²) in [6, 6.07) is 0. The maximum absolute atomic E-state index is 13.5. The van der Waals surface area contributed by atoms with Gasteiger partial charge in [-0.2, -0.15) is 4.39 Å². The molecule has 2 rings (SSSR count). The number of rotatable bonds is 2. The van der Waals surface area contributed by atoms with E-state index in [9.17, 15) is 18.4 Å². The summed E-state index contributed by atoms with van der Waals surface area (Å²) in [6.45, 7) is 1.61. The van der Waals surface area contributed by atoms with E-state index in [1.54, 1.807) is 4.98 Å². The van der Waals surface area contributed by atoms with Crippen molar-refractivity contribution in [2.45, 2.75) is 24.9 Å². The Labute approximate surface area is 124 Å². The molecule has 2 N–H and O–H groups in total. The summed E-state index contributed by atoms with van der Waals surface area (Å²) in [5.74, 6) is -1.20. The Morgan fingerprint density at radius 2 is 2.10 bits per heavy atom. The van der Waals surface area contributed by atoms with Crippen molar-refractivity contribution >= 4 is 6.79 Å². The van der Waals surface area contributed by atoms with Crippen LogP contribution in [0.5, 0.6) is 0 Å². The normalized spacial score (nSPS) is 24.4. The molecule has 1 aliphatic heterocycles. The van der Waals surface area contributed by atoms with Gasteiger partial charge in [-0.05, 0) is 0 Å². The fourth-order valence-corrected chi connectivity index (χ4v) is 1.71. The smallest absolute Gasteiger partial charge is 0.330 e. The zero-order valence-corrected chi connectivity index (χ0v) is 12.4. The molecule has 1 radical (unpaired) electrons. The first-order chi connectivity index (χ1) is 9.02. The van der Waals surface area contributed by atoms with Gasteiger partial charge >= 0.3 is 5.69 Å². The van der Waals surface area contributed by atoms with Gasteiger partial charge < -0.3 is 14.6 Å². The Kier molecular flexibility index (Phi) is 7.65. The first-order valence-corrected chi connectivity index (χ1v) is 5.23. The van der Waals surface area contributed by atoms with Crippen molar-refractivity contribution in [1.29, 1.82) is 0 Å². The minimum atomic E-state index is -1.55. The van der Waals surface area contributed by atoms with Crippen LogP contribution in [0.15, 0.2) is 15.8 Å². The molecule has 3 unspecified atom stereocenters. The number of halogens is 2. The fourth-order valence-electron chi connectivity index (χ4n) is 1.71. The van der Waals surface area contributed by atoms with E-state index in [-0.39, 0.29) is 26.5 Å². The summed E-state index contributed by atoms with van der Waals surface area (Å²) < 4.78 is 32.2. The van der Waals surface area contributed by atoms with Crippen LogP contribution in [0.3, 0.4) is 0 Å². The quantitative estimate of drug-likeness (QED) is 0.584. The van der Waals surface area contributed by atoms with E-state index in [0.717, 1.165) is 0 Å². The van der Waals surface area contributed by atoms with E-state index >= 15 is 0 Å². The van der Waals surface area contributed by atoms with Crippen LogP contribution in [-0.4, -0.2) is 40.3 Å². The van der Waals surface area contributed by atoms with Crippen LogP contribution in [0.2, 0.25) is 0 Å². The molecule has 2 heterocycles. The Hall–Kier alpha value is -1.22. The molecule has 0 aliphatic carbocycles. The van der Waals surface area contributed by atoms with Crippen molar-refractivity contribution in [2.75, 3.05) is 6.61 Å². The predicted molar refractivity (Wildman–Crippen MR) is 58.9 cm³/mol. The largest absolute Gasteiger partial charge is 0.394 e. The number of hydrogen-bond acceptors (Lipinski definition) is 5. The number of hydrogen-bond donors (Lipinski definition) is 2. The minimum Gasteiger partial charge on any atom is -0.394 e. The molecular weight excluding hydrogens is 458 g/mol. The number of nitrogens with zero attached hydrogens (tertiary/aromatic N) is 1. The molecule has 1 aromatic rings. The maximum atomic E-state index is 13.5. The zero-order valence-electron chi connectivity index (χ0n) is 10.0. The van der Waals surface area contributed by atoms with Crippen LogP contribution >= 0.6 is 0 Å². The number of ether oxygens (including phenoxy) is 1. The van der Waals surface area contributed by atoms with Gasteiger partial charge in [-0.15, -0.1) is 0 Å². The van der Waals surface area contributed by atoms with E-state index in [0.29, 0.717) is 10.8 Å². The number of aliphatic hydroxyl groups excluding tert-OH is 1. The van der Waals surface area contributed by atoms with E-state index in [1.807, 2.05) is 6.79 Å². The van der Waals surface area contributed by atoms with Crippen LogP contribution in [-0.2, 0) is 29.6 Å². The molecule has 0 bridgehead atoms. The van der Waals surface area contributed by atoms with Gasteiger partial charge in [-0.25, -0.2) is 9.18 Å². The average molecular weight is 470 g/mol. The van der Waals surface area contributed by atoms with Crippen molar-refractivity contribution in [3.8, 4) is 0 Å². The van der Waals surface area contributed by atoms with Gasteiger partial charge in [0.05, 0.1) is 18.9 Å². The number of H-pyrrole nitrogens is 1. The van der Waals surface area contributed by atoms with Crippen LogP contribution < -0.4 is 11.2 Å². The molecule has 1 saturated heterocycles. The van der Waals surface area contributed by atoms with E-state index in [2.05, 4.69) is 0 Å². The summed E-state index contributed by atoms with van der Waals surface area (Å²) in [5.41, 5.74) is -2.12. The van der Waals surface area contributed by atoms with E-state index in [1.165, 1.54) is 0 Å². The van der Waals surface area contributed by atoms with Crippen molar-refractivity contribution < 1.29 is 43.5 Å². The molecule has 7 nitrogen and oxygen atoms in total. The third-order valence-electron chi connectivity index (χ3n) is 2.53. The number of aromatic nitrogens is 2. The van der Waals surface area contributed by atoms with Gasteiger partial charge in [0.2, 0.25) is 5.82 Å². The topological polar surface area (TPSA) is 101 Å². The molecular formula is C10H12F2IrN2O5. The van der Waals surface area contributed by atoms with Gasteiger partial charge in [0.1, 0.15) is 13.0 Å². The molecule has 1 aromatic heterocycles. The molecule has 3 atom stereocenters. The summed E-state index contributed by atoms with van der Waals surface area (Å²) in [4.78, 5) is 31.8. The van der Waals surface area contributed by atoms with E-state index < -0.39 is 42.2 Å². The van der Waals surface area contributed by atoms with Gasteiger partial charge in [-0.1, -0.05) is 0 Å². The van der Waals surface area contributed by atoms with Crippen LogP contribution in [0.4, 0.5) is 8.78 Å². The molecule has 20 heavy (non-hydrogen) atoms. The van der Waals surface area contributed by atoms with Gasteiger partial charge in [-0.3, -0.25) is 14.3 Å². The second kappa shape index (κ2) is 8.15. The Balaban J connectivity index is 0.00000115. The van der Waals surface area contributed by atoms with Crippen molar-refractivity contribution in [3.05, 3.63) is 32.9 Å². The number of carbonyl (C=O) groups excluding carboxylic acids is 1. The van der Waals surface area contributed by atoms with Crippen LogP contribution in [0.25, 0.3) is 0 Å². The molecule has 1 aliphatic rings. The number of nitrogens with one attached hydrogen (secondary N) is 1. The summed E-state index contributed by atoms with van der Waals surface area (Å²) >= 11 is 0. The van der Waals surface area contributed by atoms with Crippen molar-refractivity contribution in [3.63, 3.8) is 0 Å². The predicted octanol–water partition coefficient (Wildman–Crippen LogP) is -0.894. The number of carbonyl (C=O) groups is 1. The van der Waals surface area contributed by atoms with Crippen molar-refractivity contribution in [1.82, 2.24) is 9.55 Å². The summed E-state index contributed by atoms with van der Waals surface area (Å²) in [7, 11) is 0. The first-order valence-electron chi connectivity index (χ1n) is 5.23. The SMILES string of the molecule is C=O.O=c1[nH]c(=O)n(C2OC(CO)CC2F)cc1F.[Ir]. The van der Waals surface area contributed by atoms with Gasteiger partial charge in [0.25, 0.3) is 5.56 Å². The number of aromatic amines is 1. The Morgan fingerprint density at radius 1 is 1.50 bits per heavy atom. The number of alkyl halides is 1. The Bertz CT molecular complexity index is 549. The third kappa shape index (κ3) is 3.89.